The van der Waals surface area contributed by atoms with Gasteiger partial charge in [-0.2, -0.15) is 8.78 Å². The summed E-state index contributed by atoms with van der Waals surface area (Å²) >= 11 is 0. The summed E-state index contributed by atoms with van der Waals surface area (Å²) in [7, 11) is 0. The molecule has 1 aromatic rings. The zero-order valence-corrected chi connectivity index (χ0v) is 17.7. The van der Waals surface area contributed by atoms with Crippen molar-refractivity contribution in [3.05, 3.63) is 28.8 Å². The van der Waals surface area contributed by atoms with Crippen LogP contribution in [-0.4, -0.2) is 47.7 Å². The topological polar surface area (TPSA) is 114 Å². The minimum absolute atomic E-state index is 0.148. The zero-order chi connectivity index (χ0) is 24.2. The molecule has 1 aliphatic heterocycles. The second kappa shape index (κ2) is 10.2. The fourth-order valence-corrected chi connectivity index (χ4v) is 3.04. The van der Waals surface area contributed by atoms with Crippen LogP contribution in [-0.2, 0) is 20.9 Å². The molecule has 2 atom stereocenters. The Labute approximate surface area is 181 Å². The Morgan fingerprint density at radius 1 is 1.16 bits per heavy atom. The van der Waals surface area contributed by atoms with Gasteiger partial charge in [-0.3, -0.25) is 9.59 Å². The van der Waals surface area contributed by atoms with Crippen molar-refractivity contribution in [2.45, 2.75) is 51.9 Å². The van der Waals surface area contributed by atoms with Crippen molar-refractivity contribution in [3.63, 3.8) is 0 Å². The summed E-state index contributed by atoms with van der Waals surface area (Å²) in [5.41, 5.74) is -2.12. The first-order valence-electron chi connectivity index (χ1n) is 9.74. The number of carbonyl (C=O) groups excluding carboxylic acids is 3. The van der Waals surface area contributed by atoms with Crippen LogP contribution in [0.25, 0.3) is 0 Å². The number of benzene rings is 1. The smallest absolute Gasteiger partial charge is 0.408 e. The molecule has 8 nitrogen and oxygen atoms in total. The third kappa shape index (κ3) is 6.09. The van der Waals surface area contributed by atoms with Crippen molar-refractivity contribution < 1.29 is 46.5 Å². The number of halogens is 4. The number of hydrogen-bond acceptors (Lipinski definition) is 6. The van der Waals surface area contributed by atoms with E-state index in [4.69, 9.17) is 14.6 Å². The van der Waals surface area contributed by atoms with Crippen LogP contribution in [0, 0.1) is 29.2 Å². The van der Waals surface area contributed by atoms with Crippen LogP contribution in [0.1, 0.15) is 39.2 Å². The number of ether oxygens (including phenoxy) is 2. The maximum absolute atomic E-state index is 14.0. The van der Waals surface area contributed by atoms with Gasteiger partial charge in [-0.05, 0) is 33.6 Å². The second-order valence-corrected chi connectivity index (χ2v) is 8.19. The van der Waals surface area contributed by atoms with Gasteiger partial charge in [0, 0.05) is 12.5 Å². The third-order valence-electron chi connectivity index (χ3n) is 4.59. The van der Waals surface area contributed by atoms with Crippen molar-refractivity contribution in [2.75, 3.05) is 13.2 Å². The molecule has 1 aliphatic rings. The molecule has 3 N–H and O–H groups in total. The van der Waals surface area contributed by atoms with E-state index in [1.54, 1.807) is 20.8 Å². The quantitative estimate of drug-likeness (QED) is 0.401. The number of carbonyl (C=O) groups is 3. The summed E-state index contributed by atoms with van der Waals surface area (Å²) in [4.78, 5) is 36.6. The monoisotopic (exact) mass is 464 g/mol. The maximum atomic E-state index is 14.0. The van der Waals surface area contributed by atoms with Gasteiger partial charge < -0.3 is 25.2 Å². The minimum Gasteiger partial charge on any atom is -0.479 e. The average molecular weight is 464 g/mol. The predicted octanol–water partition coefficient (Wildman–Crippen LogP) is 2.10. The van der Waals surface area contributed by atoms with Crippen LogP contribution < -0.4 is 15.4 Å². The predicted molar refractivity (Wildman–Crippen MR) is 102 cm³/mol. The van der Waals surface area contributed by atoms with Gasteiger partial charge in [0.1, 0.15) is 12.2 Å². The van der Waals surface area contributed by atoms with Gasteiger partial charge in [-0.15, -0.1) is 0 Å². The molecule has 1 aromatic carbocycles. The van der Waals surface area contributed by atoms with Crippen molar-refractivity contribution in [1.82, 2.24) is 10.6 Å². The molecule has 0 bridgehead atoms. The number of aliphatic hydroxyl groups is 1. The van der Waals surface area contributed by atoms with Gasteiger partial charge in [-0.25, -0.2) is 13.6 Å². The highest BCUT2D eigenvalue weighted by Crippen LogP contribution is 2.30. The molecule has 0 spiro atoms. The normalized spacial score (nSPS) is 17.0. The summed E-state index contributed by atoms with van der Waals surface area (Å²) in [6.45, 7) is 2.76. The lowest BCUT2D eigenvalue weighted by Crippen LogP contribution is -2.46. The van der Waals surface area contributed by atoms with Crippen LogP contribution in [0.2, 0.25) is 0 Å². The Morgan fingerprint density at radius 2 is 1.75 bits per heavy atom. The Balaban J connectivity index is 2.19. The van der Waals surface area contributed by atoms with E-state index < -0.39 is 77.2 Å². The van der Waals surface area contributed by atoms with Crippen LogP contribution in [0.5, 0.6) is 5.75 Å². The number of ketones is 1. The molecule has 1 heterocycles. The maximum Gasteiger partial charge on any atom is 0.408 e. The number of alkyl carbamates (subject to hydrolysis) is 1. The molecule has 0 aliphatic carbocycles. The van der Waals surface area contributed by atoms with Gasteiger partial charge in [0.15, 0.2) is 23.2 Å². The molecule has 1 unspecified atom stereocenters. The van der Waals surface area contributed by atoms with E-state index in [-0.39, 0.29) is 12.3 Å². The molecule has 1 saturated heterocycles. The first-order chi connectivity index (χ1) is 14.9. The molecule has 2 rings (SSSR count). The zero-order valence-electron chi connectivity index (χ0n) is 17.7. The highest BCUT2D eigenvalue weighted by atomic mass is 19.2. The Kier molecular flexibility index (Phi) is 8.05. The van der Waals surface area contributed by atoms with Crippen molar-refractivity contribution in [1.29, 1.82) is 0 Å². The van der Waals surface area contributed by atoms with Crippen LogP contribution in [0.4, 0.5) is 22.4 Å². The van der Waals surface area contributed by atoms with Crippen LogP contribution in [0.3, 0.4) is 0 Å². The molecule has 0 saturated carbocycles. The highest BCUT2D eigenvalue weighted by Gasteiger charge is 2.33. The summed E-state index contributed by atoms with van der Waals surface area (Å²) in [6, 6.07) is -1.34. The van der Waals surface area contributed by atoms with Gasteiger partial charge in [0.05, 0.1) is 18.2 Å². The highest BCUT2D eigenvalue weighted by molar-refractivity contribution is 5.90. The van der Waals surface area contributed by atoms with E-state index in [1.165, 1.54) is 0 Å². The molecular formula is C20H24F4N2O6. The van der Waals surface area contributed by atoms with E-state index in [2.05, 4.69) is 10.6 Å². The molecule has 2 amide bonds. The third-order valence-corrected chi connectivity index (χ3v) is 4.59. The van der Waals surface area contributed by atoms with E-state index in [0.717, 1.165) is 0 Å². The molecule has 0 aromatic heterocycles. The van der Waals surface area contributed by atoms with Gasteiger partial charge >= 0.3 is 6.09 Å². The van der Waals surface area contributed by atoms with Crippen molar-refractivity contribution in [3.8, 4) is 5.75 Å². The van der Waals surface area contributed by atoms with Gasteiger partial charge in [0.25, 0.3) is 0 Å². The lowest BCUT2D eigenvalue weighted by molar-refractivity contribution is -0.125. The van der Waals surface area contributed by atoms with E-state index >= 15 is 0 Å². The summed E-state index contributed by atoms with van der Waals surface area (Å²) in [6.07, 6.45) is -0.734. The number of aliphatic hydroxyl groups excluding tert-OH is 1. The van der Waals surface area contributed by atoms with E-state index in [1.807, 2.05) is 0 Å². The van der Waals surface area contributed by atoms with Crippen LogP contribution >= 0.6 is 0 Å². The fourth-order valence-electron chi connectivity index (χ4n) is 3.04. The number of hydrogen-bond donors (Lipinski definition) is 3. The standard InChI is InChI=1S/C20H24F4N2O6/c1-20(2,3)32-19(30)26-11(6-9-4-5-25-18(9)29)12(28)8-31-17-15(23)13(21)10(7-27)14(22)16(17)24/h9,11,27H,4-8H2,1-3H3,(H,25,29)(H,26,30)/t9?,11-/m0/s1. The number of Topliss-reactive ketones (excluding diaryl/α,β-unsaturated/α-hetero) is 1. The summed E-state index contributed by atoms with van der Waals surface area (Å²) in [5.74, 6) is -10.9. The Morgan fingerprint density at radius 3 is 2.22 bits per heavy atom. The first kappa shape index (κ1) is 25.4. The number of amides is 2. The van der Waals surface area contributed by atoms with Gasteiger partial charge in [-0.1, -0.05) is 0 Å². The van der Waals surface area contributed by atoms with Crippen LogP contribution in [0.15, 0.2) is 0 Å². The van der Waals surface area contributed by atoms with E-state index in [9.17, 15) is 31.9 Å². The second-order valence-electron chi connectivity index (χ2n) is 8.19. The Bertz CT molecular complexity index is 874. The lowest BCUT2D eigenvalue weighted by Gasteiger charge is -2.24. The van der Waals surface area contributed by atoms with E-state index in [0.29, 0.717) is 13.0 Å². The largest absolute Gasteiger partial charge is 0.479 e. The molecule has 0 radical (unpaired) electrons. The van der Waals surface area contributed by atoms with Gasteiger partial charge in [0.2, 0.25) is 17.5 Å². The lowest BCUT2D eigenvalue weighted by atomic mass is 9.96. The minimum atomic E-state index is -1.92. The summed E-state index contributed by atoms with van der Waals surface area (Å²) in [5, 5.41) is 13.7. The van der Waals surface area contributed by atoms with Crippen molar-refractivity contribution in [2.24, 2.45) is 5.92 Å². The SMILES string of the molecule is CC(C)(C)OC(=O)N[C@@H](CC1CCNC1=O)C(=O)COc1c(F)c(F)c(CO)c(F)c1F. The molecule has 1 fully saturated rings. The molecule has 12 heteroatoms. The number of rotatable bonds is 8. The average Bonchev–Trinajstić information content (AvgIpc) is 3.09. The fraction of sp³-hybridized carbons (Fsp3) is 0.550. The van der Waals surface area contributed by atoms with Crippen molar-refractivity contribution >= 4 is 17.8 Å². The Hall–Kier alpha value is -2.89. The molecular weight excluding hydrogens is 440 g/mol. The number of nitrogens with one attached hydrogen (secondary N) is 2. The first-order valence-corrected chi connectivity index (χ1v) is 9.74. The molecule has 178 valence electrons. The molecule has 32 heavy (non-hydrogen) atoms. The summed E-state index contributed by atoms with van der Waals surface area (Å²) < 4.78 is 65.5.